The van der Waals surface area contributed by atoms with Gasteiger partial charge in [0, 0.05) is 45.8 Å². The molecular weight excluding hydrogens is 234 g/mol. The van der Waals surface area contributed by atoms with Crippen molar-refractivity contribution in [1.29, 1.82) is 0 Å². The molecule has 6 nitrogen and oxygen atoms in total. The number of rotatable bonds is 4. The smallest absolute Gasteiger partial charge is 0.317 e. The molecule has 1 heterocycles. The largest absolute Gasteiger partial charge is 0.480 e. The van der Waals surface area contributed by atoms with Crippen LogP contribution in [0.15, 0.2) is 0 Å². The van der Waals surface area contributed by atoms with Gasteiger partial charge in [0.25, 0.3) is 0 Å². The van der Waals surface area contributed by atoms with Crippen LogP contribution < -0.4 is 0 Å². The molecular formula is C12H25N3O3. The van der Waals surface area contributed by atoms with Crippen LogP contribution in [0.5, 0.6) is 0 Å². The highest BCUT2D eigenvalue weighted by molar-refractivity contribution is 5.69. The quantitative estimate of drug-likeness (QED) is 0.675. The van der Waals surface area contributed by atoms with Crippen LogP contribution in [-0.2, 0) is 4.79 Å². The summed E-state index contributed by atoms with van der Waals surface area (Å²) in [5.41, 5.74) is 0. The van der Waals surface area contributed by atoms with Gasteiger partial charge in [0.05, 0.1) is 12.6 Å². The fourth-order valence-electron chi connectivity index (χ4n) is 2.15. The number of nitrogens with zero attached hydrogens (tertiary/aromatic N) is 3. The van der Waals surface area contributed by atoms with E-state index >= 15 is 0 Å². The Hall–Kier alpha value is -0.690. The zero-order valence-corrected chi connectivity index (χ0v) is 11.4. The molecule has 1 aliphatic heterocycles. The van der Waals surface area contributed by atoms with Crippen LogP contribution >= 0.6 is 0 Å². The monoisotopic (exact) mass is 259 g/mol. The third-order valence-electron chi connectivity index (χ3n) is 3.21. The Kier molecular flexibility index (Phi) is 6.56. The molecule has 0 spiro atoms. The molecule has 0 saturated carbocycles. The minimum Gasteiger partial charge on any atom is -0.480 e. The SMILES string of the molecule is CC(O)CN1CCN(C)CCN(CC(=O)O)CC1. The zero-order valence-electron chi connectivity index (χ0n) is 11.4. The van der Waals surface area contributed by atoms with Crippen molar-refractivity contribution in [3.8, 4) is 0 Å². The summed E-state index contributed by atoms with van der Waals surface area (Å²) in [5.74, 6) is -0.779. The molecule has 0 aromatic carbocycles. The molecule has 1 aliphatic rings. The van der Waals surface area contributed by atoms with Crippen molar-refractivity contribution in [2.75, 3.05) is 59.4 Å². The van der Waals surface area contributed by atoms with Gasteiger partial charge in [-0.05, 0) is 14.0 Å². The third kappa shape index (κ3) is 6.30. The van der Waals surface area contributed by atoms with Crippen molar-refractivity contribution in [1.82, 2.24) is 14.7 Å². The second kappa shape index (κ2) is 7.68. The molecule has 6 heteroatoms. The average Bonchev–Trinajstić information content (AvgIpc) is 2.33. The summed E-state index contributed by atoms with van der Waals surface area (Å²) >= 11 is 0. The van der Waals surface area contributed by atoms with Crippen LogP contribution in [0.4, 0.5) is 0 Å². The van der Waals surface area contributed by atoms with E-state index in [4.69, 9.17) is 5.11 Å². The second-order valence-corrected chi connectivity index (χ2v) is 5.12. The van der Waals surface area contributed by atoms with Crippen molar-refractivity contribution in [2.24, 2.45) is 0 Å². The van der Waals surface area contributed by atoms with Crippen LogP contribution in [-0.4, -0.2) is 96.4 Å². The van der Waals surface area contributed by atoms with Gasteiger partial charge in [0.2, 0.25) is 0 Å². The van der Waals surface area contributed by atoms with Crippen molar-refractivity contribution < 1.29 is 15.0 Å². The summed E-state index contributed by atoms with van der Waals surface area (Å²) in [4.78, 5) is 17.1. The third-order valence-corrected chi connectivity index (χ3v) is 3.21. The van der Waals surface area contributed by atoms with E-state index in [0.29, 0.717) is 6.54 Å². The van der Waals surface area contributed by atoms with Crippen LogP contribution in [0.3, 0.4) is 0 Å². The highest BCUT2D eigenvalue weighted by Gasteiger charge is 2.16. The van der Waals surface area contributed by atoms with Gasteiger partial charge < -0.3 is 15.1 Å². The molecule has 0 aromatic rings. The van der Waals surface area contributed by atoms with E-state index in [1.54, 1.807) is 6.92 Å². The van der Waals surface area contributed by atoms with Crippen LogP contribution in [0, 0.1) is 0 Å². The fraction of sp³-hybridized carbons (Fsp3) is 0.917. The highest BCUT2D eigenvalue weighted by atomic mass is 16.4. The van der Waals surface area contributed by atoms with Crippen molar-refractivity contribution in [3.05, 3.63) is 0 Å². The van der Waals surface area contributed by atoms with Gasteiger partial charge >= 0.3 is 5.97 Å². The Morgan fingerprint density at radius 3 is 2.17 bits per heavy atom. The number of hydrogen-bond acceptors (Lipinski definition) is 5. The highest BCUT2D eigenvalue weighted by Crippen LogP contribution is 2.00. The second-order valence-electron chi connectivity index (χ2n) is 5.12. The Labute approximate surface area is 109 Å². The van der Waals surface area contributed by atoms with Crippen molar-refractivity contribution in [2.45, 2.75) is 13.0 Å². The lowest BCUT2D eigenvalue weighted by Crippen LogP contribution is -2.40. The van der Waals surface area contributed by atoms with Crippen LogP contribution in [0.25, 0.3) is 0 Å². The number of aliphatic carboxylic acids is 1. The summed E-state index contributed by atoms with van der Waals surface area (Å²) < 4.78 is 0. The number of aliphatic hydroxyl groups is 1. The summed E-state index contributed by atoms with van der Waals surface area (Å²) in [7, 11) is 2.05. The summed E-state index contributed by atoms with van der Waals surface area (Å²) in [5, 5.41) is 18.3. The first-order valence-corrected chi connectivity index (χ1v) is 6.50. The first kappa shape index (κ1) is 15.4. The lowest BCUT2D eigenvalue weighted by molar-refractivity contribution is -0.138. The topological polar surface area (TPSA) is 67.2 Å². The van der Waals surface area contributed by atoms with E-state index in [9.17, 15) is 9.90 Å². The van der Waals surface area contributed by atoms with E-state index in [2.05, 4.69) is 9.80 Å². The number of aliphatic hydroxyl groups excluding tert-OH is 1. The van der Waals surface area contributed by atoms with Crippen LogP contribution in [0.2, 0.25) is 0 Å². The molecule has 106 valence electrons. The van der Waals surface area contributed by atoms with Gasteiger partial charge in [-0.25, -0.2) is 0 Å². The number of carboxylic acid groups (broad SMARTS) is 1. The lowest BCUT2D eigenvalue weighted by atomic mass is 10.3. The summed E-state index contributed by atoms with van der Waals surface area (Å²) in [6.45, 7) is 7.62. The van der Waals surface area contributed by atoms with Gasteiger partial charge in [-0.2, -0.15) is 0 Å². The number of likely N-dealkylation sites (N-methyl/N-ethyl adjacent to an activating group) is 1. The maximum atomic E-state index is 10.8. The number of hydrogen-bond donors (Lipinski definition) is 2. The molecule has 1 saturated heterocycles. The minimum absolute atomic E-state index is 0.0936. The first-order chi connectivity index (χ1) is 8.47. The molecule has 1 atom stereocenters. The molecule has 0 aliphatic carbocycles. The average molecular weight is 259 g/mol. The normalized spacial score (nSPS) is 23.1. The zero-order chi connectivity index (χ0) is 13.5. The van der Waals surface area contributed by atoms with Gasteiger partial charge in [0.1, 0.15) is 0 Å². The number of carbonyl (C=O) groups is 1. The Balaban J connectivity index is 2.53. The molecule has 18 heavy (non-hydrogen) atoms. The van der Waals surface area contributed by atoms with E-state index < -0.39 is 5.97 Å². The van der Waals surface area contributed by atoms with Crippen molar-refractivity contribution >= 4 is 5.97 Å². The van der Waals surface area contributed by atoms with E-state index in [-0.39, 0.29) is 12.6 Å². The van der Waals surface area contributed by atoms with Gasteiger partial charge in [0.15, 0.2) is 0 Å². The molecule has 1 fully saturated rings. The van der Waals surface area contributed by atoms with Gasteiger partial charge in [-0.15, -0.1) is 0 Å². The summed E-state index contributed by atoms with van der Waals surface area (Å²) in [6.07, 6.45) is -0.344. The molecule has 1 rings (SSSR count). The van der Waals surface area contributed by atoms with E-state index in [1.165, 1.54) is 0 Å². The summed E-state index contributed by atoms with van der Waals surface area (Å²) in [6, 6.07) is 0. The maximum absolute atomic E-state index is 10.8. The minimum atomic E-state index is -0.779. The maximum Gasteiger partial charge on any atom is 0.317 e. The predicted octanol–water partition coefficient (Wildman–Crippen LogP) is -0.999. The molecule has 1 unspecified atom stereocenters. The first-order valence-electron chi connectivity index (χ1n) is 6.50. The fourth-order valence-corrected chi connectivity index (χ4v) is 2.15. The van der Waals surface area contributed by atoms with Crippen LogP contribution in [0.1, 0.15) is 6.92 Å². The number of carboxylic acids is 1. The Morgan fingerprint density at radius 2 is 1.61 bits per heavy atom. The predicted molar refractivity (Wildman–Crippen MR) is 69.7 cm³/mol. The Bertz CT molecular complexity index is 261. The van der Waals surface area contributed by atoms with Gasteiger partial charge in [-0.3, -0.25) is 14.6 Å². The van der Waals surface area contributed by atoms with E-state index in [1.807, 2.05) is 11.9 Å². The molecule has 0 amide bonds. The Morgan fingerprint density at radius 1 is 1.11 bits per heavy atom. The molecule has 0 radical (unpaired) electrons. The van der Waals surface area contributed by atoms with E-state index in [0.717, 1.165) is 39.3 Å². The lowest BCUT2D eigenvalue weighted by Gasteiger charge is -2.25. The van der Waals surface area contributed by atoms with Crippen molar-refractivity contribution in [3.63, 3.8) is 0 Å². The molecule has 2 N–H and O–H groups in total. The van der Waals surface area contributed by atoms with Gasteiger partial charge in [-0.1, -0.05) is 0 Å². The molecule has 0 bridgehead atoms. The number of β-amino-alcohol motifs (C(OH)–C–C–N with tert-alkyl or cyclic N) is 1. The standard InChI is InChI=1S/C12H25N3O3/c1-11(16)9-14-5-3-13(2)4-6-15(8-7-14)10-12(17)18/h11,16H,3-10H2,1-2H3,(H,17,18). The molecule has 0 aromatic heterocycles.